The van der Waals surface area contributed by atoms with Gasteiger partial charge in [-0.15, -0.1) is 0 Å². The highest BCUT2D eigenvalue weighted by Gasteiger charge is 2.00. The second kappa shape index (κ2) is 4.14. The molecule has 0 bridgehead atoms. The van der Waals surface area contributed by atoms with Crippen LogP contribution in [0.3, 0.4) is 0 Å². The third-order valence-electron chi connectivity index (χ3n) is 2.56. The number of aliphatic hydroxyl groups is 1. The Bertz CT molecular complexity index is 386. The van der Waals surface area contributed by atoms with Gasteiger partial charge >= 0.3 is 0 Å². The first-order valence-corrected chi connectivity index (χ1v) is 4.65. The fourth-order valence-electron chi connectivity index (χ4n) is 1.34. The zero-order valence-corrected chi connectivity index (χ0v) is 8.96. The molecule has 0 unspecified atom stereocenters. The van der Waals surface area contributed by atoms with E-state index in [1.54, 1.807) is 6.08 Å². The minimum Gasteiger partial charge on any atom is -0.509 e. The van der Waals surface area contributed by atoms with Gasteiger partial charge in [-0.3, -0.25) is 0 Å². The normalized spacial score (nSPS) is 10.8. The summed E-state index contributed by atoms with van der Waals surface area (Å²) in [6.07, 6.45) is 3.49. The molecule has 1 rings (SSSR count). The topological polar surface area (TPSA) is 20.2 Å². The largest absolute Gasteiger partial charge is 0.509 e. The van der Waals surface area contributed by atoms with Gasteiger partial charge in [-0.1, -0.05) is 24.8 Å². The molecule has 0 saturated heterocycles. The molecular formula is C13H16O. The van der Waals surface area contributed by atoms with E-state index in [0.29, 0.717) is 0 Å². The number of rotatable bonds is 2. The molecule has 1 heteroatoms. The lowest BCUT2D eigenvalue weighted by atomic mass is 9.98. The molecule has 0 saturated carbocycles. The molecule has 14 heavy (non-hydrogen) atoms. The Hall–Kier alpha value is -1.50. The quantitative estimate of drug-likeness (QED) is 0.554. The predicted molar refractivity (Wildman–Crippen MR) is 61.5 cm³/mol. The molecule has 1 aromatic rings. The lowest BCUT2D eigenvalue weighted by molar-refractivity contribution is 0.436. The van der Waals surface area contributed by atoms with Gasteiger partial charge < -0.3 is 5.11 Å². The molecule has 0 aliphatic carbocycles. The first kappa shape index (κ1) is 10.6. The maximum atomic E-state index is 8.95. The van der Waals surface area contributed by atoms with Crippen LogP contribution in [0.2, 0.25) is 0 Å². The molecule has 0 radical (unpaired) electrons. The van der Waals surface area contributed by atoms with Gasteiger partial charge in [0.2, 0.25) is 0 Å². The lowest BCUT2D eigenvalue weighted by Gasteiger charge is -2.07. The smallest absolute Gasteiger partial charge is 0.108 e. The highest BCUT2D eigenvalue weighted by molar-refractivity contribution is 5.58. The number of aliphatic hydroxyl groups excluding tert-OH is 1. The number of aryl methyl sites for hydroxylation is 1. The van der Waals surface area contributed by atoms with Crippen LogP contribution in [0.15, 0.2) is 30.5 Å². The Morgan fingerprint density at radius 2 is 1.86 bits per heavy atom. The van der Waals surface area contributed by atoms with E-state index in [2.05, 4.69) is 39.5 Å². The van der Waals surface area contributed by atoms with Crippen molar-refractivity contribution in [2.75, 3.05) is 0 Å². The van der Waals surface area contributed by atoms with Gasteiger partial charge in [-0.25, -0.2) is 0 Å². The van der Waals surface area contributed by atoms with E-state index in [4.69, 9.17) is 5.11 Å². The van der Waals surface area contributed by atoms with Crippen LogP contribution in [-0.2, 0) is 0 Å². The average molecular weight is 188 g/mol. The Kier molecular flexibility index (Phi) is 3.13. The van der Waals surface area contributed by atoms with Gasteiger partial charge in [0.1, 0.15) is 5.76 Å². The summed E-state index contributed by atoms with van der Waals surface area (Å²) >= 11 is 0. The van der Waals surface area contributed by atoms with Crippen molar-refractivity contribution in [2.24, 2.45) is 0 Å². The van der Waals surface area contributed by atoms with Crippen LogP contribution >= 0.6 is 0 Å². The van der Waals surface area contributed by atoms with Gasteiger partial charge in [0, 0.05) is 0 Å². The molecule has 0 heterocycles. The molecule has 0 fully saturated rings. The molecule has 0 spiro atoms. The molecule has 0 aliphatic heterocycles. The molecule has 74 valence electrons. The summed E-state index contributed by atoms with van der Waals surface area (Å²) < 4.78 is 0. The summed E-state index contributed by atoms with van der Waals surface area (Å²) in [7, 11) is 0. The van der Waals surface area contributed by atoms with E-state index in [-0.39, 0.29) is 5.76 Å². The van der Waals surface area contributed by atoms with Crippen LogP contribution in [-0.4, -0.2) is 5.11 Å². The average Bonchev–Trinajstić information content (AvgIpc) is 2.13. The fourth-order valence-corrected chi connectivity index (χ4v) is 1.34. The third kappa shape index (κ3) is 2.25. The highest BCUT2D eigenvalue weighted by Crippen LogP contribution is 2.18. The Balaban J connectivity index is 3.12. The summed E-state index contributed by atoms with van der Waals surface area (Å²) in [6.45, 7) is 9.70. The first-order valence-electron chi connectivity index (χ1n) is 4.65. The van der Waals surface area contributed by atoms with Crippen molar-refractivity contribution in [3.63, 3.8) is 0 Å². The Morgan fingerprint density at radius 3 is 2.43 bits per heavy atom. The van der Waals surface area contributed by atoms with Crippen molar-refractivity contribution in [2.45, 2.75) is 20.8 Å². The number of benzene rings is 1. The number of hydrogen-bond donors (Lipinski definition) is 1. The summed E-state index contributed by atoms with van der Waals surface area (Å²) in [4.78, 5) is 0. The van der Waals surface area contributed by atoms with E-state index < -0.39 is 0 Å². The summed E-state index contributed by atoms with van der Waals surface area (Å²) in [5, 5.41) is 8.95. The molecule has 0 amide bonds. The molecule has 0 aromatic heterocycles. The number of hydrogen-bond acceptors (Lipinski definition) is 1. The molecule has 0 atom stereocenters. The predicted octanol–water partition coefficient (Wildman–Crippen LogP) is 3.70. The fraction of sp³-hybridized carbons (Fsp3) is 0.231. The first-order chi connectivity index (χ1) is 6.52. The summed E-state index contributed by atoms with van der Waals surface area (Å²) in [5.41, 5.74) is 4.98. The van der Waals surface area contributed by atoms with E-state index in [0.717, 1.165) is 5.56 Å². The molecule has 1 nitrogen and oxygen atoms in total. The van der Waals surface area contributed by atoms with Crippen molar-refractivity contribution in [1.82, 2.24) is 0 Å². The second-order valence-corrected chi connectivity index (χ2v) is 3.55. The van der Waals surface area contributed by atoms with Crippen LogP contribution < -0.4 is 0 Å². The van der Waals surface area contributed by atoms with E-state index >= 15 is 0 Å². The monoisotopic (exact) mass is 188 g/mol. The minimum atomic E-state index is 0.0858. The summed E-state index contributed by atoms with van der Waals surface area (Å²) in [6, 6.07) is 4.14. The van der Waals surface area contributed by atoms with Gasteiger partial charge in [0.25, 0.3) is 0 Å². The van der Waals surface area contributed by atoms with Crippen LogP contribution in [0.1, 0.15) is 22.3 Å². The van der Waals surface area contributed by atoms with Gasteiger partial charge in [-0.05, 0) is 49.1 Å². The van der Waals surface area contributed by atoms with Crippen LogP contribution in [0.5, 0.6) is 0 Å². The van der Waals surface area contributed by atoms with Crippen LogP contribution in [0.25, 0.3) is 6.08 Å². The van der Waals surface area contributed by atoms with Crippen LogP contribution in [0, 0.1) is 20.8 Å². The Morgan fingerprint density at radius 1 is 1.21 bits per heavy atom. The van der Waals surface area contributed by atoms with Crippen molar-refractivity contribution >= 4 is 6.08 Å². The van der Waals surface area contributed by atoms with Crippen molar-refractivity contribution in [3.05, 3.63) is 52.8 Å². The highest BCUT2D eigenvalue weighted by atomic mass is 16.3. The standard InChI is InChI=1S/C13H16O/c1-9-5-7-13(8-6-10(2)14)12(4)11(9)3/h5-8,14H,2H2,1,3-4H3/b8-6+. The zero-order valence-electron chi connectivity index (χ0n) is 8.96. The van der Waals surface area contributed by atoms with E-state index in [9.17, 15) is 0 Å². The lowest BCUT2D eigenvalue weighted by Crippen LogP contribution is -1.89. The van der Waals surface area contributed by atoms with Crippen molar-refractivity contribution in [3.8, 4) is 0 Å². The SMILES string of the molecule is C=C(O)/C=C/c1ccc(C)c(C)c1C. The molecule has 0 aliphatic rings. The summed E-state index contributed by atoms with van der Waals surface area (Å²) in [5.74, 6) is 0.0858. The molecule has 1 N–H and O–H groups in total. The van der Waals surface area contributed by atoms with E-state index in [1.165, 1.54) is 16.7 Å². The van der Waals surface area contributed by atoms with Gasteiger partial charge in [0.05, 0.1) is 0 Å². The second-order valence-electron chi connectivity index (χ2n) is 3.55. The van der Waals surface area contributed by atoms with Crippen LogP contribution in [0.4, 0.5) is 0 Å². The minimum absolute atomic E-state index is 0.0858. The maximum absolute atomic E-state index is 8.95. The maximum Gasteiger partial charge on any atom is 0.108 e. The number of allylic oxidation sites excluding steroid dienone is 1. The Labute approximate surface area is 85.4 Å². The van der Waals surface area contributed by atoms with Crippen molar-refractivity contribution in [1.29, 1.82) is 0 Å². The molecule has 1 aromatic carbocycles. The van der Waals surface area contributed by atoms with Crippen molar-refractivity contribution < 1.29 is 5.11 Å². The van der Waals surface area contributed by atoms with Gasteiger partial charge in [-0.2, -0.15) is 0 Å². The van der Waals surface area contributed by atoms with Gasteiger partial charge in [0.15, 0.2) is 0 Å². The zero-order chi connectivity index (χ0) is 10.7. The third-order valence-corrected chi connectivity index (χ3v) is 2.56. The molecular weight excluding hydrogens is 172 g/mol. The van der Waals surface area contributed by atoms with E-state index in [1.807, 2.05) is 6.08 Å².